The molecule has 1 rings (SSSR count). The summed E-state index contributed by atoms with van der Waals surface area (Å²) in [5, 5.41) is 2.78. The van der Waals surface area contributed by atoms with Gasteiger partial charge in [0.1, 0.15) is 5.15 Å². The van der Waals surface area contributed by atoms with Gasteiger partial charge in [-0.1, -0.05) is 41.4 Å². The van der Waals surface area contributed by atoms with Crippen molar-refractivity contribution >= 4 is 39.4 Å². The molecule has 0 aliphatic rings. The molecular weight excluding hydrogens is 309 g/mol. The minimum absolute atomic E-state index is 0.129. The Morgan fingerprint density at radius 3 is 2.71 bits per heavy atom. The topological polar surface area (TPSA) is 64.1 Å². The summed E-state index contributed by atoms with van der Waals surface area (Å²) >= 11 is 9.05. The molecule has 0 spiro atoms. The molecule has 0 aliphatic heterocycles. The third-order valence-electron chi connectivity index (χ3n) is 1.95. The fourth-order valence-corrected chi connectivity index (χ4v) is 1.33. The van der Waals surface area contributed by atoms with E-state index < -0.39 is 0 Å². The van der Waals surface area contributed by atoms with Gasteiger partial charge in [-0.3, -0.25) is 10.1 Å². The van der Waals surface area contributed by atoms with E-state index in [1.165, 1.54) is 13.2 Å². The predicted octanol–water partition coefficient (Wildman–Crippen LogP) is 2.50. The molecule has 1 unspecified atom stereocenters. The molecule has 0 bridgehead atoms. The summed E-state index contributed by atoms with van der Waals surface area (Å²) in [6.07, 6.45) is 0. The van der Waals surface area contributed by atoms with E-state index >= 15 is 0 Å². The predicted molar refractivity (Wildman–Crippen MR) is 69.8 cm³/mol. The van der Waals surface area contributed by atoms with Crippen LogP contribution in [0.1, 0.15) is 13.8 Å². The zero-order chi connectivity index (χ0) is 13.0. The van der Waals surface area contributed by atoms with Crippen LogP contribution in [0.25, 0.3) is 0 Å². The zero-order valence-corrected chi connectivity index (χ0v) is 12.0. The molecule has 0 aromatic carbocycles. The lowest BCUT2D eigenvalue weighted by Gasteiger charge is -2.13. The van der Waals surface area contributed by atoms with Crippen LogP contribution >= 0.6 is 27.5 Å². The van der Waals surface area contributed by atoms with Gasteiger partial charge in [-0.2, -0.15) is 4.98 Å². The second kappa shape index (κ2) is 6.16. The molecule has 5 nitrogen and oxygen atoms in total. The Bertz CT molecular complexity index is 415. The van der Waals surface area contributed by atoms with Gasteiger partial charge in [0.25, 0.3) is 0 Å². The molecule has 1 heterocycles. The van der Waals surface area contributed by atoms with E-state index in [2.05, 4.69) is 31.2 Å². The number of rotatable bonds is 4. The number of amides is 1. The third-order valence-corrected chi connectivity index (χ3v) is 3.62. The largest absolute Gasteiger partial charge is 0.481 e. The normalized spacial score (nSPS) is 12.4. The molecule has 17 heavy (non-hydrogen) atoms. The summed E-state index contributed by atoms with van der Waals surface area (Å²) in [5.41, 5.74) is 0. The van der Waals surface area contributed by atoms with E-state index in [9.17, 15) is 4.79 Å². The molecule has 1 N–H and O–H groups in total. The van der Waals surface area contributed by atoms with E-state index in [4.69, 9.17) is 16.3 Å². The highest BCUT2D eigenvalue weighted by Gasteiger charge is 2.19. The summed E-state index contributed by atoms with van der Waals surface area (Å²) in [6, 6.07) is 1.46. The molecule has 1 atom stereocenters. The Balaban J connectivity index is 2.81. The minimum atomic E-state index is -0.309. The van der Waals surface area contributed by atoms with Crippen molar-refractivity contribution in [1.29, 1.82) is 0 Å². The fourth-order valence-electron chi connectivity index (χ4n) is 1.04. The smallest absolute Gasteiger partial charge is 0.240 e. The highest BCUT2D eigenvalue weighted by molar-refractivity contribution is 9.10. The van der Waals surface area contributed by atoms with Gasteiger partial charge in [-0.05, 0) is 5.92 Å². The van der Waals surface area contributed by atoms with Gasteiger partial charge >= 0.3 is 0 Å². The first-order valence-electron chi connectivity index (χ1n) is 4.97. The highest BCUT2D eigenvalue weighted by Crippen LogP contribution is 2.18. The van der Waals surface area contributed by atoms with Crippen molar-refractivity contribution in [3.05, 3.63) is 11.2 Å². The maximum absolute atomic E-state index is 11.7. The molecule has 94 valence electrons. The molecule has 0 saturated carbocycles. The second-order valence-corrected chi connectivity index (χ2v) is 5.07. The van der Waals surface area contributed by atoms with E-state index in [-0.39, 0.29) is 27.8 Å². The number of halogens is 2. The lowest BCUT2D eigenvalue weighted by atomic mass is 10.1. The SMILES string of the molecule is COc1cc(Cl)nc(NC(=O)C(Br)C(C)C)n1. The Labute approximate surface area is 113 Å². The summed E-state index contributed by atoms with van der Waals surface area (Å²) in [5.74, 6) is 0.376. The maximum atomic E-state index is 11.7. The molecule has 1 amide bonds. The molecule has 1 aromatic rings. The quantitative estimate of drug-likeness (QED) is 0.683. The Morgan fingerprint density at radius 1 is 1.53 bits per heavy atom. The molecule has 0 aliphatic carbocycles. The first-order chi connectivity index (χ1) is 7.93. The van der Waals surface area contributed by atoms with Crippen LogP contribution in [0, 0.1) is 5.92 Å². The third kappa shape index (κ3) is 4.12. The van der Waals surface area contributed by atoms with E-state index in [1.54, 1.807) is 0 Å². The number of nitrogens with zero attached hydrogens (tertiary/aromatic N) is 2. The summed E-state index contributed by atoms with van der Waals surface area (Å²) in [6.45, 7) is 3.86. The van der Waals surface area contributed by atoms with Crippen LogP contribution in [0.3, 0.4) is 0 Å². The first-order valence-corrected chi connectivity index (χ1v) is 6.27. The number of anilines is 1. The average Bonchev–Trinajstić information content (AvgIpc) is 2.26. The van der Waals surface area contributed by atoms with Gasteiger partial charge in [-0.15, -0.1) is 0 Å². The monoisotopic (exact) mass is 321 g/mol. The number of hydrogen-bond acceptors (Lipinski definition) is 4. The number of methoxy groups -OCH3 is 1. The Morgan fingerprint density at radius 2 is 2.18 bits per heavy atom. The van der Waals surface area contributed by atoms with Gasteiger partial charge < -0.3 is 4.74 Å². The number of nitrogens with one attached hydrogen (secondary N) is 1. The van der Waals surface area contributed by atoms with Crippen LogP contribution in [-0.2, 0) is 4.79 Å². The molecule has 0 radical (unpaired) electrons. The number of alkyl halides is 1. The van der Waals surface area contributed by atoms with E-state index in [0.717, 1.165) is 0 Å². The van der Waals surface area contributed by atoms with Crippen molar-refractivity contribution in [3.63, 3.8) is 0 Å². The molecule has 7 heteroatoms. The number of hydrogen-bond donors (Lipinski definition) is 1. The van der Waals surface area contributed by atoms with Crippen molar-refractivity contribution in [2.45, 2.75) is 18.7 Å². The molecular formula is C10H13BrClN3O2. The van der Waals surface area contributed by atoms with Gasteiger partial charge in [0, 0.05) is 6.07 Å². The Kier molecular flexibility index (Phi) is 5.14. The molecule has 1 aromatic heterocycles. The number of carbonyl (C=O) groups excluding carboxylic acids is 1. The first kappa shape index (κ1) is 14.2. The molecule has 0 fully saturated rings. The lowest BCUT2D eigenvalue weighted by Crippen LogP contribution is -2.27. The Hall–Kier alpha value is -0.880. The fraction of sp³-hybridized carbons (Fsp3) is 0.500. The van der Waals surface area contributed by atoms with Crippen molar-refractivity contribution in [2.24, 2.45) is 5.92 Å². The second-order valence-electron chi connectivity index (χ2n) is 3.69. The standard InChI is InChI=1S/C10H13BrClN3O2/c1-5(2)8(11)9(16)15-10-13-6(12)4-7(14-10)17-3/h4-5,8H,1-3H3,(H,13,14,15,16). The lowest BCUT2D eigenvalue weighted by molar-refractivity contribution is -0.116. The van der Waals surface area contributed by atoms with Crippen LogP contribution in [0.5, 0.6) is 5.88 Å². The summed E-state index contributed by atoms with van der Waals surface area (Å²) in [4.78, 5) is 19.3. The minimum Gasteiger partial charge on any atom is -0.481 e. The number of carbonyl (C=O) groups is 1. The van der Waals surface area contributed by atoms with Crippen LogP contribution in [0.15, 0.2) is 6.07 Å². The van der Waals surface area contributed by atoms with Crippen LogP contribution in [-0.4, -0.2) is 27.8 Å². The van der Waals surface area contributed by atoms with Gasteiger partial charge in [0.15, 0.2) is 0 Å². The van der Waals surface area contributed by atoms with Crippen molar-refractivity contribution in [3.8, 4) is 5.88 Å². The van der Waals surface area contributed by atoms with Gasteiger partial charge in [0.2, 0.25) is 17.7 Å². The number of ether oxygens (including phenoxy) is 1. The summed E-state index contributed by atoms with van der Waals surface area (Å²) < 4.78 is 4.93. The van der Waals surface area contributed by atoms with Crippen LogP contribution in [0.2, 0.25) is 5.15 Å². The van der Waals surface area contributed by atoms with Gasteiger partial charge in [-0.25, -0.2) is 4.98 Å². The number of aromatic nitrogens is 2. The maximum Gasteiger partial charge on any atom is 0.240 e. The zero-order valence-electron chi connectivity index (χ0n) is 9.70. The summed E-state index contributed by atoms with van der Waals surface area (Å²) in [7, 11) is 1.46. The van der Waals surface area contributed by atoms with E-state index in [1.807, 2.05) is 13.8 Å². The van der Waals surface area contributed by atoms with Gasteiger partial charge in [0.05, 0.1) is 11.9 Å². The van der Waals surface area contributed by atoms with Crippen molar-refractivity contribution < 1.29 is 9.53 Å². The highest BCUT2D eigenvalue weighted by atomic mass is 79.9. The van der Waals surface area contributed by atoms with E-state index in [0.29, 0.717) is 5.88 Å². The average molecular weight is 323 g/mol. The van der Waals surface area contributed by atoms with Crippen LogP contribution in [0.4, 0.5) is 5.95 Å². The van der Waals surface area contributed by atoms with Crippen LogP contribution < -0.4 is 10.1 Å². The van der Waals surface area contributed by atoms with Crippen molar-refractivity contribution in [1.82, 2.24) is 9.97 Å². The van der Waals surface area contributed by atoms with Crippen molar-refractivity contribution in [2.75, 3.05) is 12.4 Å². The molecule has 0 saturated heterocycles.